The van der Waals surface area contributed by atoms with E-state index in [1.54, 1.807) is 0 Å². The van der Waals surface area contributed by atoms with Crippen molar-refractivity contribution in [2.24, 2.45) is 17.3 Å². The Bertz CT molecular complexity index is 259. The van der Waals surface area contributed by atoms with Crippen LogP contribution in [0.25, 0.3) is 0 Å². The molecule has 80 valence electrons. The predicted octanol–water partition coefficient (Wildman–Crippen LogP) is 2.79. The lowest BCUT2D eigenvalue weighted by Gasteiger charge is -2.00. The van der Waals surface area contributed by atoms with Crippen molar-refractivity contribution >= 4 is 5.97 Å². The topological polar surface area (TPSA) is 26.3 Å². The molecule has 0 unspecified atom stereocenters. The second-order valence-corrected chi connectivity index (χ2v) is 4.98. The van der Waals surface area contributed by atoms with E-state index in [1.807, 2.05) is 0 Å². The van der Waals surface area contributed by atoms with Gasteiger partial charge in [-0.1, -0.05) is 25.5 Å². The molecule has 2 heteroatoms. The zero-order valence-electron chi connectivity index (χ0n) is 9.76. The van der Waals surface area contributed by atoms with Gasteiger partial charge in [-0.15, -0.1) is 0 Å². The number of carbonyl (C=O) groups excluding carboxylic acids is 1. The van der Waals surface area contributed by atoms with E-state index in [0.29, 0.717) is 18.3 Å². The standard InChI is InChI=1S/C12H20O2/c1-8(2)6-9-10(12(9,3)4)7-11(13)14-5/h6,9-10H,7H2,1-5H3/t9-,10+/m0/s1. The Morgan fingerprint density at radius 3 is 2.43 bits per heavy atom. The summed E-state index contributed by atoms with van der Waals surface area (Å²) in [6.07, 6.45) is 2.82. The maximum absolute atomic E-state index is 11.1. The minimum Gasteiger partial charge on any atom is -0.469 e. The normalized spacial score (nSPS) is 28.1. The fraction of sp³-hybridized carbons (Fsp3) is 0.750. The van der Waals surface area contributed by atoms with Crippen LogP contribution in [0, 0.1) is 17.3 Å². The van der Waals surface area contributed by atoms with Crippen LogP contribution in [-0.2, 0) is 9.53 Å². The maximum atomic E-state index is 11.1. The molecule has 0 radical (unpaired) electrons. The summed E-state index contributed by atoms with van der Waals surface area (Å²) < 4.78 is 4.69. The van der Waals surface area contributed by atoms with E-state index in [1.165, 1.54) is 12.7 Å². The lowest BCUT2D eigenvalue weighted by molar-refractivity contribution is -0.141. The highest BCUT2D eigenvalue weighted by Crippen LogP contribution is 2.61. The number of esters is 1. The van der Waals surface area contributed by atoms with E-state index >= 15 is 0 Å². The van der Waals surface area contributed by atoms with Crippen LogP contribution in [0.4, 0.5) is 0 Å². The number of rotatable bonds is 3. The van der Waals surface area contributed by atoms with Crippen molar-refractivity contribution < 1.29 is 9.53 Å². The van der Waals surface area contributed by atoms with Gasteiger partial charge >= 0.3 is 5.97 Å². The molecule has 2 atom stereocenters. The fourth-order valence-corrected chi connectivity index (χ4v) is 2.13. The molecule has 0 amide bonds. The number of ether oxygens (including phenoxy) is 1. The van der Waals surface area contributed by atoms with Gasteiger partial charge in [0.1, 0.15) is 0 Å². The van der Waals surface area contributed by atoms with Crippen LogP contribution in [0.2, 0.25) is 0 Å². The van der Waals surface area contributed by atoms with Gasteiger partial charge in [0.2, 0.25) is 0 Å². The van der Waals surface area contributed by atoms with Gasteiger partial charge in [0.25, 0.3) is 0 Å². The first-order chi connectivity index (χ1) is 6.39. The van der Waals surface area contributed by atoms with Crippen molar-refractivity contribution in [1.29, 1.82) is 0 Å². The van der Waals surface area contributed by atoms with Crippen LogP contribution in [0.5, 0.6) is 0 Å². The minimum absolute atomic E-state index is 0.0901. The van der Waals surface area contributed by atoms with Crippen LogP contribution >= 0.6 is 0 Å². The molecule has 0 aromatic heterocycles. The Labute approximate surface area is 86.3 Å². The minimum atomic E-state index is -0.0901. The van der Waals surface area contributed by atoms with Crippen LogP contribution < -0.4 is 0 Å². The van der Waals surface area contributed by atoms with E-state index in [4.69, 9.17) is 0 Å². The zero-order valence-corrected chi connectivity index (χ0v) is 9.76. The first kappa shape index (κ1) is 11.3. The quantitative estimate of drug-likeness (QED) is 0.512. The molecular formula is C12H20O2. The smallest absolute Gasteiger partial charge is 0.305 e. The van der Waals surface area contributed by atoms with Gasteiger partial charge in [-0.05, 0) is 31.1 Å². The molecule has 0 bridgehead atoms. The summed E-state index contributed by atoms with van der Waals surface area (Å²) in [5, 5.41) is 0. The van der Waals surface area contributed by atoms with Gasteiger partial charge in [0.05, 0.1) is 7.11 Å². The zero-order chi connectivity index (χ0) is 10.9. The summed E-state index contributed by atoms with van der Waals surface area (Å²) in [7, 11) is 1.45. The summed E-state index contributed by atoms with van der Waals surface area (Å²) >= 11 is 0. The van der Waals surface area contributed by atoms with Gasteiger partial charge in [0, 0.05) is 6.42 Å². The molecule has 2 nitrogen and oxygen atoms in total. The average Bonchev–Trinajstić information content (AvgIpc) is 2.55. The second-order valence-electron chi connectivity index (χ2n) is 4.98. The third-order valence-electron chi connectivity index (χ3n) is 3.27. The molecule has 1 rings (SSSR count). The molecule has 14 heavy (non-hydrogen) atoms. The monoisotopic (exact) mass is 196 g/mol. The molecule has 0 N–H and O–H groups in total. The highest BCUT2D eigenvalue weighted by atomic mass is 16.5. The van der Waals surface area contributed by atoms with Crippen molar-refractivity contribution in [2.45, 2.75) is 34.1 Å². The van der Waals surface area contributed by atoms with E-state index in [0.717, 1.165) is 0 Å². The third kappa shape index (κ3) is 2.17. The fourth-order valence-electron chi connectivity index (χ4n) is 2.13. The number of methoxy groups -OCH3 is 1. The summed E-state index contributed by atoms with van der Waals surface area (Å²) in [6, 6.07) is 0. The summed E-state index contributed by atoms with van der Waals surface area (Å²) in [6.45, 7) is 8.63. The molecule has 0 heterocycles. The van der Waals surface area contributed by atoms with E-state index in [9.17, 15) is 4.79 Å². The molecule has 1 fully saturated rings. The van der Waals surface area contributed by atoms with Gasteiger partial charge in [-0.3, -0.25) is 4.79 Å². The predicted molar refractivity (Wildman–Crippen MR) is 56.8 cm³/mol. The molecule has 1 aliphatic carbocycles. The van der Waals surface area contributed by atoms with Crippen LogP contribution in [-0.4, -0.2) is 13.1 Å². The Morgan fingerprint density at radius 1 is 1.43 bits per heavy atom. The van der Waals surface area contributed by atoms with E-state index in [-0.39, 0.29) is 11.4 Å². The molecule has 0 aromatic rings. The van der Waals surface area contributed by atoms with E-state index in [2.05, 4.69) is 38.5 Å². The van der Waals surface area contributed by atoms with Gasteiger partial charge < -0.3 is 4.74 Å². The Morgan fingerprint density at radius 2 is 2.00 bits per heavy atom. The lowest BCUT2D eigenvalue weighted by atomic mass is 10.1. The van der Waals surface area contributed by atoms with Gasteiger partial charge in [-0.2, -0.15) is 0 Å². The molecule has 0 aliphatic heterocycles. The summed E-state index contributed by atoms with van der Waals surface area (Å²) in [4.78, 5) is 11.1. The highest BCUT2D eigenvalue weighted by molar-refractivity contribution is 5.70. The van der Waals surface area contributed by atoms with Gasteiger partial charge in [-0.25, -0.2) is 0 Å². The number of hydrogen-bond acceptors (Lipinski definition) is 2. The van der Waals surface area contributed by atoms with Crippen LogP contribution in [0.1, 0.15) is 34.1 Å². The molecule has 0 spiro atoms. The van der Waals surface area contributed by atoms with Crippen LogP contribution in [0.15, 0.2) is 11.6 Å². The first-order valence-electron chi connectivity index (χ1n) is 5.11. The highest BCUT2D eigenvalue weighted by Gasteiger charge is 2.56. The summed E-state index contributed by atoms with van der Waals surface area (Å²) in [5.41, 5.74) is 1.60. The average molecular weight is 196 g/mol. The largest absolute Gasteiger partial charge is 0.469 e. The van der Waals surface area contributed by atoms with Crippen molar-refractivity contribution in [3.05, 3.63) is 11.6 Å². The maximum Gasteiger partial charge on any atom is 0.305 e. The SMILES string of the molecule is COC(=O)C[C@@H]1[C@H](C=C(C)C)C1(C)C. The molecule has 0 saturated heterocycles. The summed E-state index contributed by atoms with van der Waals surface area (Å²) in [5.74, 6) is 0.921. The van der Waals surface area contributed by atoms with E-state index < -0.39 is 0 Å². The Hall–Kier alpha value is -0.790. The molecular weight excluding hydrogens is 176 g/mol. The molecule has 1 saturated carbocycles. The lowest BCUT2D eigenvalue weighted by Crippen LogP contribution is -2.03. The van der Waals surface area contributed by atoms with Crippen molar-refractivity contribution in [1.82, 2.24) is 0 Å². The van der Waals surface area contributed by atoms with Crippen molar-refractivity contribution in [2.75, 3.05) is 7.11 Å². The van der Waals surface area contributed by atoms with Gasteiger partial charge in [0.15, 0.2) is 0 Å². The molecule has 0 aromatic carbocycles. The number of carbonyl (C=O) groups is 1. The first-order valence-corrected chi connectivity index (χ1v) is 5.11. The Kier molecular flexibility index (Phi) is 3.03. The third-order valence-corrected chi connectivity index (χ3v) is 3.27. The number of hydrogen-bond donors (Lipinski definition) is 0. The van der Waals surface area contributed by atoms with Crippen molar-refractivity contribution in [3.8, 4) is 0 Å². The van der Waals surface area contributed by atoms with Crippen molar-refractivity contribution in [3.63, 3.8) is 0 Å². The number of allylic oxidation sites excluding steroid dienone is 2. The second kappa shape index (κ2) is 3.76. The van der Waals surface area contributed by atoms with Crippen LogP contribution in [0.3, 0.4) is 0 Å². The Balaban J connectivity index is 2.58. The molecule has 1 aliphatic rings.